The molecule has 0 aliphatic carbocycles. The molecule has 3 nitrogen and oxygen atoms in total. The fourth-order valence-electron chi connectivity index (χ4n) is 1.09. The van der Waals surface area contributed by atoms with E-state index in [9.17, 15) is 0 Å². The van der Waals surface area contributed by atoms with Crippen LogP contribution in [0.4, 0.5) is 0 Å². The van der Waals surface area contributed by atoms with Crippen molar-refractivity contribution in [2.24, 2.45) is 0 Å². The van der Waals surface area contributed by atoms with Gasteiger partial charge in [0.2, 0.25) is 0 Å². The Kier molecular flexibility index (Phi) is 5.52. The van der Waals surface area contributed by atoms with Crippen LogP contribution in [0.15, 0.2) is 18.3 Å². The first kappa shape index (κ1) is 11.4. The number of hydrogen-bond acceptors (Lipinski definition) is 3. The summed E-state index contributed by atoms with van der Waals surface area (Å²) in [4.78, 5) is 3.99. The molecule has 0 spiro atoms. The van der Waals surface area contributed by atoms with E-state index in [1.165, 1.54) is 0 Å². The molecule has 1 rings (SSSR count). The Morgan fingerprint density at radius 2 is 2.36 bits per heavy atom. The summed E-state index contributed by atoms with van der Waals surface area (Å²) in [5.74, 6) is 0. The van der Waals surface area contributed by atoms with Crippen molar-refractivity contribution in [2.45, 2.75) is 13.0 Å². The number of ether oxygens (including phenoxy) is 1. The van der Waals surface area contributed by atoms with Gasteiger partial charge in [-0.2, -0.15) is 0 Å². The summed E-state index contributed by atoms with van der Waals surface area (Å²) < 4.78 is 4.94. The first-order chi connectivity index (χ1) is 6.83. The van der Waals surface area contributed by atoms with Gasteiger partial charge in [-0.25, -0.2) is 4.98 Å². The maximum absolute atomic E-state index is 5.67. The van der Waals surface area contributed by atoms with E-state index in [-0.39, 0.29) is 0 Å². The topological polar surface area (TPSA) is 34.1 Å². The third kappa shape index (κ3) is 4.56. The minimum Gasteiger partial charge on any atom is -0.385 e. The van der Waals surface area contributed by atoms with Crippen LogP contribution < -0.4 is 5.32 Å². The zero-order valence-electron chi connectivity index (χ0n) is 8.29. The first-order valence-electron chi connectivity index (χ1n) is 4.63. The Bertz CT molecular complexity index is 251. The van der Waals surface area contributed by atoms with Crippen molar-refractivity contribution in [3.63, 3.8) is 0 Å². The highest BCUT2D eigenvalue weighted by Crippen LogP contribution is 2.04. The lowest BCUT2D eigenvalue weighted by Crippen LogP contribution is -2.16. The quantitative estimate of drug-likeness (QED) is 0.580. The van der Waals surface area contributed by atoms with E-state index in [4.69, 9.17) is 16.3 Å². The largest absolute Gasteiger partial charge is 0.385 e. The van der Waals surface area contributed by atoms with Crippen LogP contribution in [0, 0.1) is 0 Å². The van der Waals surface area contributed by atoms with Crippen LogP contribution in [0.25, 0.3) is 0 Å². The summed E-state index contributed by atoms with van der Waals surface area (Å²) in [6.45, 7) is 2.58. The van der Waals surface area contributed by atoms with E-state index in [1.54, 1.807) is 19.4 Å². The average Bonchev–Trinajstić information content (AvgIpc) is 2.21. The number of hydrogen-bond donors (Lipinski definition) is 1. The van der Waals surface area contributed by atoms with Crippen LogP contribution in [0.1, 0.15) is 12.0 Å². The third-order valence-electron chi connectivity index (χ3n) is 1.82. The van der Waals surface area contributed by atoms with Gasteiger partial charge in [-0.05, 0) is 24.6 Å². The second kappa shape index (κ2) is 6.76. The summed E-state index contributed by atoms with van der Waals surface area (Å²) in [7, 11) is 1.71. The molecule has 1 N–H and O–H groups in total. The lowest BCUT2D eigenvalue weighted by Gasteiger charge is -2.03. The number of methoxy groups -OCH3 is 1. The minimum absolute atomic E-state index is 0.535. The number of pyridine rings is 1. The minimum atomic E-state index is 0.535. The van der Waals surface area contributed by atoms with Gasteiger partial charge in [-0.3, -0.25) is 0 Å². The fourth-order valence-corrected chi connectivity index (χ4v) is 1.20. The molecule has 0 fully saturated rings. The van der Waals surface area contributed by atoms with E-state index >= 15 is 0 Å². The summed E-state index contributed by atoms with van der Waals surface area (Å²) >= 11 is 5.67. The molecule has 0 unspecified atom stereocenters. The second-order valence-corrected chi connectivity index (χ2v) is 3.40. The van der Waals surface area contributed by atoms with Gasteiger partial charge in [0.05, 0.1) is 0 Å². The second-order valence-electron chi connectivity index (χ2n) is 3.01. The fraction of sp³-hybridized carbons (Fsp3) is 0.500. The molecule has 14 heavy (non-hydrogen) atoms. The molecule has 1 heterocycles. The van der Waals surface area contributed by atoms with Crippen LogP contribution in [-0.4, -0.2) is 25.2 Å². The summed E-state index contributed by atoms with van der Waals surface area (Å²) in [6, 6.07) is 3.77. The molecule has 0 aromatic carbocycles. The first-order valence-corrected chi connectivity index (χ1v) is 5.01. The van der Waals surface area contributed by atoms with Crippen molar-refractivity contribution in [3.8, 4) is 0 Å². The van der Waals surface area contributed by atoms with Crippen LogP contribution in [0.3, 0.4) is 0 Å². The summed E-state index contributed by atoms with van der Waals surface area (Å²) in [5.41, 5.74) is 1.15. The predicted molar refractivity (Wildman–Crippen MR) is 57.4 cm³/mol. The maximum atomic E-state index is 5.67. The molecular formula is C10H15ClN2O. The molecule has 78 valence electrons. The highest BCUT2D eigenvalue weighted by molar-refractivity contribution is 6.29. The Balaban J connectivity index is 2.15. The summed E-state index contributed by atoms with van der Waals surface area (Å²) in [5, 5.41) is 3.83. The van der Waals surface area contributed by atoms with Crippen molar-refractivity contribution in [2.75, 3.05) is 20.3 Å². The van der Waals surface area contributed by atoms with Gasteiger partial charge in [-0.1, -0.05) is 17.7 Å². The van der Waals surface area contributed by atoms with Gasteiger partial charge in [0, 0.05) is 26.5 Å². The van der Waals surface area contributed by atoms with Gasteiger partial charge in [0.25, 0.3) is 0 Å². The molecule has 0 atom stereocenters. The number of nitrogens with one attached hydrogen (secondary N) is 1. The standard InChI is InChI=1S/C10H15ClN2O/c1-14-6-2-5-12-7-9-3-4-10(11)13-8-9/h3-4,8,12H,2,5-7H2,1H3. The Hall–Kier alpha value is -0.640. The molecule has 0 bridgehead atoms. The normalized spacial score (nSPS) is 10.4. The Labute approximate surface area is 89.4 Å². The number of rotatable bonds is 6. The van der Waals surface area contributed by atoms with Crippen LogP contribution >= 0.6 is 11.6 Å². The molecule has 0 amide bonds. The lowest BCUT2D eigenvalue weighted by molar-refractivity contribution is 0.194. The third-order valence-corrected chi connectivity index (χ3v) is 2.04. The van der Waals surface area contributed by atoms with E-state index < -0.39 is 0 Å². The molecular weight excluding hydrogens is 200 g/mol. The molecule has 1 aromatic heterocycles. The molecule has 0 aliphatic rings. The zero-order chi connectivity index (χ0) is 10.2. The SMILES string of the molecule is COCCCNCc1ccc(Cl)nc1. The number of nitrogens with zero attached hydrogens (tertiary/aromatic N) is 1. The van der Waals surface area contributed by atoms with Gasteiger partial charge >= 0.3 is 0 Å². The predicted octanol–water partition coefficient (Wildman–Crippen LogP) is 1.86. The van der Waals surface area contributed by atoms with Crippen LogP contribution in [0.5, 0.6) is 0 Å². The van der Waals surface area contributed by atoms with Gasteiger partial charge in [0.1, 0.15) is 5.15 Å². The molecule has 1 aromatic rings. The number of aromatic nitrogens is 1. The van der Waals surface area contributed by atoms with Crippen LogP contribution in [-0.2, 0) is 11.3 Å². The van der Waals surface area contributed by atoms with Crippen molar-refractivity contribution < 1.29 is 4.74 Å². The summed E-state index contributed by atoms with van der Waals surface area (Å²) in [6.07, 6.45) is 2.81. The highest BCUT2D eigenvalue weighted by atomic mass is 35.5. The van der Waals surface area contributed by atoms with E-state index in [0.717, 1.165) is 31.7 Å². The van der Waals surface area contributed by atoms with Gasteiger partial charge < -0.3 is 10.1 Å². The van der Waals surface area contributed by atoms with Gasteiger partial charge in [-0.15, -0.1) is 0 Å². The molecule has 0 radical (unpaired) electrons. The van der Waals surface area contributed by atoms with E-state index in [0.29, 0.717) is 5.15 Å². The number of halogens is 1. The monoisotopic (exact) mass is 214 g/mol. The molecule has 4 heteroatoms. The highest BCUT2D eigenvalue weighted by Gasteiger charge is 1.93. The smallest absolute Gasteiger partial charge is 0.129 e. The van der Waals surface area contributed by atoms with Crippen molar-refractivity contribution in [3.05, 3.63) is 29.0 Å². The van der Waals surface area contributed by atoms with Crippen LogP contribution in [0.2, 0.25) is 5.15 Å². The van der Waals surface area contributed by atoms with E-state index in [1.807, 2.05) is 6.07 Å². The van der Waals surface area contributed by atoms with Crippen molar-refractivity contribution in [1.82, 2.24) is 10.3 Å². The van der Waals surface area contributed by atoms with Crippen molar-refractivity contribution in [1.29, 1.82) is 0 Å². The Morgan fingerprint density at radius 1 is 1.50 bits per heavy atom. The van der Waals surface area contributed by atoms with Crippen molar-refractivity contribution >= 4 is 11.6 Å². The molecule has 0 saturated carbocycles. The molecule has 0 saturated heterocycles. The Morgan fingerprint density at radius 3 is 3.00 bits per heavy atom. The van der Waals surface area contributed by atoms with E-state index in [2.05, 4.69) is 10.3 Å². The maximum Gasteiger partial charge on any atom is 0.129 e. The average molecular weight is 215 g/mol. The zero-order valence-corrected chi connectivity index (χ0v) is 9.05. The lowest BCUT2D eigenvalue weighted by atomic mass is 10.3. The van der Waals surface area contributed by atoms with Gasteiger partial charge in [0.15, 0.2) is 0 Å². The molecule has 0 aliphatic heterocycles.